The maximum Gasteiger partial charge on any atom is 0.227 e. The van der Waals surface area contributed by atoms with E-state index in [1.807, 2.05) is 29.2 Å². The molecule has 2 amide bonds. The number of nitrogens with two attached hydrogens (primary N) is 1. The second kappa shape index (κ2) is 9.29. The molecule has 5 nitrogen and oxygen atoms in total. The summed E-state index contributed by atoms with van der Waals surface area (Å²) in [5, 5.41) is 3.05. The summed E-state index contributed by atoms with van der Waals surface area (Å²) in [5.41, 5.74) is 8.23. The molecule has 2 unspecified atom stereocenters. The number of hydrogen-bond donors (Lipinski definition) is 2. The highest BCUT2D eigenvalue weighted by molar-refractivity contribution is 5.93. The minimum absolute atomic E-state index is 0.0363. The van der Waals surface area contributed by atoms with Crippen molar-refractivity contribution < 1.29 is 9.59 Å². The average molecular weight is 400 g/mol. The van der Waals surface area contributed by atoms with Crippen LogP contribution in [-0.4, -0.2) is 28.8 Å². The van der Waals surface area contributed by atoms with Crippen molar-refractivity contribution in [2.75, 3.05) is 5.32 Å². The largest absolute Gasteiger partial charge is 0.334 e. The normalized spacial score (nSPS) is 22.6. The van der Waals surface area contributed by atoms with E-state index in [0.717, 1.165) is 56.2 Å². The second-order valence-corrected chi connectivity index (χ2v) is 10.1. The molecule has 0 saturated heterocycles. The third-order valence-electron chi connectivity index (χ3n) is 6.21. The molecule has 0 bridgehead atoms. The van der Waals surface area contributed by atoms with Crippen LogP contribution in [0.2, 0.25) is 0 Å². The van der Waals surface area contributed by atoms with Gasteiger partial charge in [0.15, 0.2) is 0 Å². The van der Waals surface area contributed by atoms with Crippen molar-refractivity contribution >= 4 is 17.5 Å². The molecule has 5 heteroatoms. The van der Waals surface area contributed by atoms with E-state index in [0.29, 0.717) is 13.0 Å². The third kappa shape index (κ3) is 6.05. The molecule has 0 spiro atoms. The van der Waals surface area contributed by atoms with Gasteiger partial charge in [-0.3, -0.25) is 9.59 Å². The molecule has 0 radical (unpaired) electrons. The van der Waals surface area contributed by atoms with Crippen molar-refractivity contribution in [1.82, 2.24) is 4.90 Å². The molecule has 2 aliphatic carbocycles. The minimum Gasteiger partial charge on any atom is -0.334 e. The first-order chi connectivity index (χ1) is 13.7. The summed E-state index contributed by atoms with van der Waals surface area (Å²) in [5.74, 6) is 0.441. The SMILES string of the molecule is CC(C)(C)CC(=O)N(Cc1cccc(NC(=O)C2CCC2)c1)C1CCCCC1N. The Hall–Kier alpha value is -1.88. The van der Waals surface area contributed by atoms with E-state index in [-0.39, 0.29) is 35.2 Å². The molecule has 1 aromatic carbocycles. The molecular formula is C24H37N3O2. The molecule has 0 aromatic heterocycles. The predicted molar refractivity (Wildman–Crippen MR) is 117 cm³/mol. The lowest BCUT2D eigenvalue weighted by Crippen LogP contribution is -2.52. The van der Waals surface area contributed by atoms with Crippen LogP contribution in [0.3, 0.4) is 0 Å². The molecule has 0 heterocycles. The number of carbonyl (C=O) groups is 2. The van der Waals surface area contributed by atoms with Gasteiger partial charge in [-0.2, -0.15) is 0 Å². The van der Waals surface area contributed by atoms with Gasteiger partial charge in [0.05, 0.1) is 0 Å². The van der Waals surface area contributed by atoms with Gasteiger partial charge in [-0.1, -0.05) is 52.2 Å². The Morgan fingerprint density at radius 2 is 1.83 bits per heavy atom. The monoisotopic (exact) mass is 399 g/mol. The van der Waals surface area contributed by atoms with Crippen LogP contribution < -0.4 is 11.1 Å². The Balaban J connectivity index is 1.74. The molecule has 29 heavy (non-hydrogen) atoms. The van der Waals surface area contributed by atoms with Gasteiger partial charge in [-0.25, -0.2) is 0 Å². The van der Waals surface area contributed by atoms with Gasteiger partial charge < -0.3 is 16.0 Å². The Bertz CT molecular complexity index is 721. The van der Waals surface area contributed by atoms with Gasteiger partial charge in [-0.05, 0) is 48.8 Å². The first-order valence-corrected chi connectivity index (χ1v) is 11.2. The Labute approximate surface area is 175 Å². The van der Waals surface area contributed by atoms with Crippen LogP contribution in [0, 0.1) is 11.3 Å². The van der Waals surface area contributed by atoms with E-state index < -0.39 is 0 Å². The molecular weight excluding hydrogens is 362 g/mol. The maximum absolute atomic E-state index is 13.2. The van der Waals surface area contributed by atoms with Crippen LogP contribution in [0.15, 0.2) is 24.3 Å². The fourth-order valence-corrected chi connectivity index (χ4v) is 4.33. The highest BCUT2D eigenvalue weighted by atomic mass is 16.2. The van der Waals surface area contributed by atoms with Crippen LogP contribution in [0.25, 0.3) is 0 Å². The molecule has 2 saturated carbocycles. The fourth-order valence-electron chi connectivity index (χ4n) is 4.33. The van der Waals surface area contributed by atoms with Crippen molar-refractivity contribution in [3.63, 3.8) is 0 Å². The number of hydrogen-bond acceptors (Lipinski definition) is 3. The van der Waals surface area contributed by atoms with Crippen molar-refractivity contribution in [1.29, 1.82) is 0 Å². The standard InChI is InChI=1S/C24H37N3O2/c1-24(2,3)15-22(28)27(21-13-5-4-12-20(21)25)16-17-8-6-11-19(14-17)26-23(29)18-9-7-10-18/h6,8,11,14,18,20-21H,4-5,7,9-10,12-13,15-16,25H2,1-3H3,(H,26,29). The fraction of sp³-hybridized carbons (Fsp3) is 0.667. The maximum atomic E-state index is 13.2. The molecule has 160 valence electrons. The summed E-state index contributed by atoms with van der Waals surface area (Å²) in [7, 11) is 0. The molecule has 2 aliphatic rings. The van der Waals surface area contributed by atoms with Crippen molar-refractivity contribution in [2.45, 2.75) is 90.8 Å². The number of rotatable bonds is 6. The minimum atomic E-state index is -0.0628. The smallest absolute Gasteiger partial charge is 0.227 e. The number of nitrogens with zero attached hydrogens (tertiary/aromatic N) is 1. The van der Waals surface area contributed by atoms with Crippen LogP contribution in [0.5, 0.6) is 0 Å². The zero-order chi connectivity index (χ0) is 21.0. The van der Waals surface area contributed by atoms with Crippen LogP contribution in [0.4, 0.5) is 5.69 Å². The number of carbonyl (C=O) groups excluding carboxylic acids is 2. The number of benzene rings is 1. The zero-order valence-corrected chi connectivity index (χ0v) is 18.2. The lowest BCUT2D eigenvalue weighted by Gasteiger charge is -2.39. The van der Waals surface area contributed by atoms with Gasteiger partial charge in [0.2, 0.25) is 11.8 Å². The van der Waals surface area contributed by atoms with E-state index in [4.69, 9.17) is 5.73 Å². The molecule has 3 rings (SSSR count). The zero-order valence-electron chi connectivity index (χ0n) is 18.2. The van der Waals surface area contributed by atoms with E-state index in [1.54, 1.807) is 0 Å². The molecule has 2 fully saturated rings. The number of anilines is 1. The highest BCUT2D eigenvalue weighted by Crippen LogP contribution is 2.29. The molecule has 1 aromatic rings. The summed E-state index contributed by atoms with van der Waals surface area (Å²) in [6.45, 7) is 6.84. The van der Waals surface area contributed by atoms with Gasteiger partial charge in [0, 0.05) is 36.7 Å². The van der Waals surface area contributed by atoms with Crippen LogP contribution in [0.1, 0.15) is 77.7 Å². The summed E-state index contributed by atoms with van der Waals surface area (Å²) < 4.78 is 0. The first-order valence-electron chi connectivity index (χ1n) is 11.2. The summed E-state index contributed by atoms with van der Waals surface area (Å²) >= 11 is 0. The van der Waals surface area contributed by atoms with Gasteiger partial charge >= 0.3 is 0 Å². The third-order valence-corrected chi connectivity index (χ3v) is 6.21. The topological polar surface area (TPSA) is 75.4 Å². The highest BCUT2D eigenvalue weighted by Gasteiger charge is 2.32. The molecule has 0 aliphatic heterocycles. The van der Waals surface area contributed by atoms with E-state index in [1.165, 1.54) is 0 Å². The second-order valence-electron chi connectivity index (χ2n) is 10.1. The van der Waals surface area contributed by atoms with Crippen molar-refractivity contribution in [3.05, 3.63) is 29.8 Å². The van der Waals surface area contributed by atoms with Crippen molar-refractivity contribution in [3.8, 4) is 0 Å². The Morgan fingerprint density at radius 3 is 2.45 bits per heavy atom. The van der Waals surface area contributed by atoms with Crippen LogP contribution in [-0.2, 0) is 16.1 Å². The Kier molecular flexibility index (Phi) is 6.99. The van der Waals surface area contributed by atoms with E-state index in [2.05, 4.69) is 26.1 Å². The number of nitrogens with one attached hydrogen (secondary N) is 1. The van der Waals surface area contributed by atoms with Gasteiger partial charge in [-0.15, -0.1) is 0 Å². The van der Waals surface area contributed by atoms with E-state index >= 15 is 0 Å². The lowest BCUT2D eigenvalue weighted by atomic mass is 9.85. The Morgan fingerprint density at radius 1 is 1.10 bits per heavy atom. The number of amides is 2. The van der Waals surface area contributed by atoms with Crippen molar-refractivity contribution in [2.24, 2.45) is 17.1 Å². The first kappa shape index (κ1) is 21.8. The quantitative estimate of drug-likeness (QED) is 0.741. The summed E-state index contributed by atoms with van der Waals surface area (Å²) in [6.07, 6.45) is 7.83. The van der Waals surface area contributed by atoms with Gasteiger partial charge in [0.25, 0.3) is 0 Å². The summed E-state index contributed by atoms with van der Waals surface area (Å²) in [4.78, 5) is 27.5. The van der Waals surface area contributed by atoms with Crippen LogP contribution >= 0.6 is 0 Å². The average Bonchev–Trinajstić information content (AvgIpc) is 2.57. The molecule has 3 N–H and O–H groups in total. The predicted octanol–water partition coefficient (Wildman–Crippen LogP) is 4.46. The van der Waals surface area contributed by atoms with E-state index in [9.17, 15) is 9.59 Å². The summed E-state index contributed by atoms with van der Waals surface area (Å²) in [6, 6.07) is 8.04. The lowest BCUT2D eigenvalue weighted by molar-refractivity contribution is -0.137. The molecule has 2 atom stereocenters. The van der Waals surface area contributed by atoms with Gasteiger partial charge in [0.1, 0.15) is 0 Å².